The predicted octanol–water partition coefficient (Wildman–Crippen LogP) is -0.923. The number of aliphatic hydroxyl groups excluding tert-OH is 4. The summed E-state index contributed by atoms with van der Waals surface area (Å²) in [4.78, 5) is 0. The van der Waals surface area contributed by atoms with Gasteiger partial charge in [0.2, 0.25) is 6.29 Å². The Kier molecular flexibility index (Phi) is 5.23. The molecule has 4 aliphatic rings. The van der Waals surface area contributed by atoms with E-state index >= 15 is 0 Å². The first-order chi connectivity index (χ1) is 12.8. The van der Waals surface area contributed by atoms with Crippen LogP contribution in [0.1, 0.15) is 20.3 Å². The third-order valence-corrected chi connectivity index (χ3v) is 5.96. The van der Waals surface area contributed by atoms with E-state index in [1.54, 1.807) is 19.9 Å². The minimum Gasteiger partial charge on any atom is -0.472 e. The van der Waals surface area contributed by atoms with Gasteiger partial charge in [0.1, 0.15) is 24.4 Å². The summed E-state index contributed by atoms with van der Waals surface area (Å²) in [6.45, 7) is 3.55. The molecule has 0 amide bonds. The van der Waals surface area contributed by atoms with E-state index in [0.29, 0.717) is 6.42 Å². The fourth-order valence-corrected chi connectivity index (χ4v) is 4.55. The average molecular weight is 388 g/mol. The van der Waals surface area contributed by atoms with Gasteiger partial charge in [-0.15, -0.1) is 0 Å². The maximum absolute atomic E-state index is 10.5. The second kappa shape index (κ2) is 7.23. The van der Waals surface area contributed by atoms with Crippen LogP contribution >= 0.6 is 0 Å². The van der Waals surface area contributed by atoms with Crippen molar-refractivity contribution < 1.29 is 44.1 Å². The smallest absolute Gasteiger partial charge is 0.205 e. The van der Waals surface area contributed by atoms with E-state index in [1.807, 2.05) is 0 Å². The van der Waals surface area contributed by atoms with E-state index < -0.39 is 48.9 Å². The lowest BCUT2D eigenvalue weighted by atomic mass is 9.87. The Bertz CT molecular complexity index is 565. The van der Waals surface area contributed by atoms with E-state index in [1.165, 1.54) is 6.26 Å². The highest BCUT2D eigenvalue weighted by Gasteiger charge is 2.54. The van der Waals surface area contributed by atoms with E-state index in [2.05, 4.69) is 0 Å². The molecule has 0 bridgehead atoms. The van der Waals surface area contributed by atoms with Crippen molar-refractivity contribution in [2.24, 2.45) is 17.8 Å². The van der Waals surface area contributed by atoms with Crippen LogP contribution in [0.4, 0.5) is 0 Å². The SMILES string of the molecule is CC1(C)OC[C@H]2O[C@@H](O[C@@H]3OC=C[C@@H]4[C@H]3[C@H](CO)C[C@H]4O)[C@H](O)[C@@H](O)[C@@H]2O1. The van der Waals surface area contributed by atoms with Crippen molar-refractivity contribution in [3.8, 4) is 0 Å². The predicted molar refractivity (Wildman–Crippen MR) is 88.9 cm³/mol. The van der Waals surface area contributed by atoms with Crippen LogP contribution in [-0.2, 0) is 23.7 Å². The highest BCUT2D eigenvalue weighted by molar-refractivity contribution is 5.05. The van der Waals surface area contributed by atoms with Gasteiger partial charge in [-0.05, 0) is 32.3 Å². The molecule has 0 spiro atoms. The molecule has 0 unspecified atom stereocenters. The molecule has 9 heteroatoms. The van der Waals surface area contributed by atoms with E-state index in [4.69, 9.17) is 23.7 Å². The van der Waals surface area contributed by atoms with Crippen LogP contribution in [0.25, 0.3) is 0 Å². The Labute approximate surface area is 157 Å². The standard InChI is InChI=1S/C18H28O9/c1-18(2)24-7-11-15(27-18)13(21)14(22)17(25-11)26-16-12-8(6-19)5-10(20)9(12)3-4-23-16/h3-4,8-17,19-22H,5-7H2,1-2H3/t8-,9-,10+,11+,12+,13+,14+,15+,16-,17-/m0/s1. The molecule has 2 saturated heterocycles. The minimum absolute atomic E-state index is 0.104. The third kappa shape index (κ3) is 3.51. The summed E-state index contributed by atoms with van der Waals surface area (Å²) in [5, 5.41) is 40.9. The normalized spacial score (nSPS) is 51.3. The van der Waals surface area contributed by atoms with Crippen molar-refractivity contribution in [3.05, 3.63) is 12.3 Å². The largest absolute Gasteiger partial charge is 0.472 e. The lowest BCUT2D eigenvalue weighted by molar-refractivity contribution is -0.397. The first-order valence-electron chi connectivity index (χ1n) is 9.40. The molecule has 4 rings (SSSR count). The lowest BCUT2D eigenvalue weighted by Crippen LogP contribution is -2.65. The highest BCUT2D eigenvalue weighted by atomic mass is 16.8. The summed E-state index contributed by atoms with van der Waals surface area (Å²) in [7, 11) is 0. The Hall–Kier alpha value is -0.780. The molecule has 3 aliphatic heterocycles. The van der Waals surface area contributed by atoms with Crippen molar-refractivity contribution in [2.75, 3.05) is 13.2 Å². The Morgan fingerprint density at radius 1 is 1.15 bits per heavy atom. The zero-order valence-electron chi connectivity index (χ0n) is 15.4. The molecular formula is C18H28O9. The fourth-order valence-electron chi connectivity index (χ4n) is 4.55. The van der Waals surface area contributed by atoms with E-state index in [0.717, 1.165) is 0 Å². The molecule has 3 heterocycles. The Morgan fingerprint density at radius 2 is 1.93 bits per heavy atom. The number of hydrogen-bond acceptors (Lipinski definition) is 9. The number of rotatable bonds is 3. The van der Waals surface area contributed by atoms with Crippen molar-refractivity contribution in [1.82, 2.24) is 0 Å². The molecule has 0 aromatic carbocycles. The van der Waals surface area contributed by atoms with Crippen molar-refractivity contribution in [1.29, 1.82) is 0 Å². The topological polar surface area (TPSA) is 127 Å². The molecule has 10 atom stereocenters. The number of aliphatic hydroxyl groups is 4. The molecule has 0 radical (unpaired) electrons. The molecule has 27 heavy (non-hydrogen) atoms. The molecule has 0 aromatic heterocycles. The summed E-state index contributed by atoms with van der Waals surface area (Å²) < 4.78 is 28.5. The van der Waals surface area contributed by atoms with Crippen LogP contribution < -0.4 is 0 Å². The van der Waals surface area contributed by atoms with Gasteiger partial charge in [-0.1, -0.05) is 0 Å². The molecule has 9 nitrogen and oxygen atoms in total. The van der Waals surface area contributed by atoms with Gasteiger partial charge in [-0.2, -0.15) is 0 Å². The first kappa shape index (κ1) is 19.5. The van der Waals surface area contributed by atoms with Crippen LogP contribution in [0, 0.1) is 17.8 Å². The zero-order chi connectivity index (χ0) is 19.3. The number of fused-ring (bicyclic) bond motifs is 2. The fraction of sp³-hybridized carbons (Fsp3) is 0.889. The van der Waals surface area contributed by atoms with Gasteiger partial charge >= 0.3 is 0 Å². The first-order valence-corrected chi connectivity index (χ1v) is 9.40. The monoisotopic (exact) mass is 388 g/mol. The summed E-state index contributed by atoms with van der Waals surface area (Å²) in [5.74, 6) is -1.56. The Balaban J connectivity index is 1.47. The van der Waals surface area contributed by atoms with Crippen molar-refractivity contribution in [2.45, 2.75) is 69.2 Å². The van der Waals surface area contributed by atoms with Crippen LogP contribution in [0.15, 0.2) is 12.3 Å². The van der Waals surface area contributed by atoms with Gasteiger partial charge < -0.3 is 44.1 Å². The van der Waals surface area contributed by atoms with E-state index in [-0.39, 0.29) is 31.0 Å². The molecule has 1 aliphatic carbocycles. The molecule has 0 aromatic rings. The number of hydrogen-bond donors (Lipinski definition) is 4. The van der Waals surface area contributed by atoms with Gasteiger partial charge in [-0.25, -0.2) is 0 Å². The van der Waals surface area contributed by atoms with Gasteiger partial charge in [0.05, 0.1) is 19.0 Å². The second-order valence-electron chi connectivity index (χ2n) is 8.19. The summed E-state index contributed by atoms with van der Waals surface area (Å²) in [6, 6.07) is 0. The molecule has 154 valence electrons. The minimum atomic E-state index is -1.34. The highest BCUT2D eigenvalue weighted by Crippen LogP contribution is 2.44. The zero-order valence-corrected chi connectivity index (χ0v) is 15.4. The number of ether oxygens (including phenoxy) is 5. The van der Waals surface area contributed by atoms with Gasteiger partial charge in [-0.3, -0.25) is 0 Å². The van der Waals surface area contributed by atoms with Gasteiger partial charge in [0, 0.05) is 18.4 Å². The maximum atomic E-state index is 10.5. The lowest BCUT2D eigenvalue weighted by Gasteiger charge is -2.49. The average Bonchev–Trinajstić information content (AvgIpc) is 2.97. The van der Waals surface area contributed by atoms with Gasteiger partial charge in [0.25, 0.3) is 0 Å². The van der Waals surface area contributed by atoms with Crippen LogP contribution in [0.3, 0.4) is 0 Å². The summed E-state index contributed by atoms with van der Waals surface area (Å²) >= 11 is 0. The van der Waals surface area contributed by atoms with Crippen LogP contribution in [0.2, 0.25) is 0 Å². The third-order valence-electron chi connectivity index (χ3n) is 5.96. The van der Waals surface area contributed by atoms with Crippen molar-refractivity contribution in [3.63, 3.8) is 0 Å². The second-order valence-corrected chi connectivity index (χ2v) is 8.19. The summed E-state index contributed by atoms with van der Waals surface area (Å²) in [5.41, 5.74) is 0. The summed E-state index contributed by atoms with van der Waals surface area (Å²) in [6.07, 6.45) is -2.78. The van der Waals surface area contributed by atoms with Crippen molar-refractivity contribution >= 4 is 0 Å². The molecule has 1 saturated carbocycles. The maximum Gasteiger partial charge on any atom is 0.205 e. The molecule has 4 N–H and O–H groups in total. The Morgan fingerprint density at radius 3 is 2.67 bits per heavy atom. The van der Waals surface area contributed by atoms with Crippen LogP contribution in [0.5, 0.6) is 0 Å². The van der Waals surface area contributed by atoms with E-state index in [9.17, 15) is 20.4 Å². The van der Waals surface area contributed by atoms with Gasteiger partial charge in [0.15, 0.2) is 12.1 Å². The van der Waals surface area contributed by atoms with Crippen LogP contribution in [-0.4, -0.2) is 82.5 Å². The molecule has 3 fully saturated rings. The quantitative estimate of drug-likeness (QED) is 0.485. The molecular weight excluding hydrogens is 360 g/mol.